The van der Waals surface area contributed by atoms with Crippen LogP contribution in [-0.2, 0) is 9.59 Å². The van der Waals surface area contributed by atoms with Crippen LogP contribution in [0.4, 0.5) is 4.79 Å². The van der Waals surface area contributed by atoms with E-state index in [1.54, 1.807) is 13.8 Å². The molecule has 1 aliphatic heterocycles. The van der Waals surface area contributed by atoms with E-state index in [-0.39, 0.29) is 11.9 Å². The van der Waals surface area contributed by atoms with E-state index in [9.17, 15) is 14.4 Å². The zero-order valence-electron chi connectivity index (χ0n) is 11.2. The summed E-state index contributed by atoms with van der Waals surface area (Å²) in [6, 6.07) is -0.445. The number of rotatable bonds is 1. The second kappa shape index (κ2) is 3.19. The maximum absolute atomic E-state index is 12.5. The summed E-state index contributed by atoms with van der Waals surface area (Å²) in [5.41, 5.74) is -1.12. The number of hydrogen-bond acceptors (Lipinski definition) is 3. The molecule has 4 rings (SSSR count). The molecular formula is C14H18N2O3. The topological polar surface area (TPSA) is 66.5 Å². The molecule has 5 nitrogen and oxygen atoms in total. The molecule has 3 saturated carbocycles. The van der Waals surface area contributed by atoms with Gasteiger partial charge < -0.3 is 0 Å². The first-order valence-electron chi connectivity index (χ1n) is 7.12. The SMILES string of the molecule is CC1(C)C(=O)NC(=O)N(C2C3C4CCC(C4)C32)C1=O. The van der Waals surface area contributed by atoms with Gasteiger partial charge >= 0.3 is 6.03 Å². The van der Waals surface area contributed by atoms with Crippen molar-refractivity contribution < 1.29 is 14.4 Å². The van der Waals surface area contributed by atoms with Crippen LogP contribution in [0.3, 0.4) is 0 Å². The molecule has 2 bridgehead atoms. The monoisotopic (exact) mass is 262 g/mol. The van der Waals surface area contributed by atoms with Gasteiger partial charge in [-0.2, -0.15) is 0 Å². The molecule has 0 aromatic rings. The maximum atomic E-state index is 12.5. The lowest BCUT2D eigenvalue weighted by molar-refractivity contribution is -0.149. The number of barbiturate groups is 1. The molecule has 19 heavy (non-hydrogen) atoms. The first kappa shape index (κ1) is 11.4. The summed E-state index contributed by atoms with van der Waals surface area (Å²) in [5, 5.41) is 2.34. The highest BCUT2D eigenvalue weighted by molar-refractivity contribution is 6.18. The number of carbonyl (C=O) groups excluding carboxylic acids is 3. The summed E-state index contributed by atoms with van der Waals surface area (Å²) in [7, 11) is 0. The van der Waals surface area contributed by atoms with Crippen LogP contribution in [0.1, 0.15) is 33.1 Å². The molecule has 1 heterocycles. The standard InChI is InChI=1S/C14H18N2O3/c1-14(2)11(17)15-13(19)16(12(14)18)10-8-6-3-4-7(5-6)9(8)10/h6-10H,3-5H2,1-2H3,(H,15,17,19). The Morgan fingerprint density at radius 2 is 1.68 bits per heavy atom. The molecule has 1 saturated heterocycles. The van der Waals surface area contributed by atoms with E-state index in [0.29, 0.717) is 23.7 Å². The van der Waals surface area contributed by atoms with Crippen LogP contribution >= 0.6 is 0 Å². The van der Waals surface area contributed by atoms with Gasteiger partial charge in [-0.3, -0.25) is 19.8 Å². The van der Waals surface area contributed by atoms with Crippen molar-refractivity contribution in [2.45, 2.75) is 39.2 Å². The number of carbonyl (C=O) groups is 3. The Kier molecular flexibility index (Phi) is 1.92. The molecule has 5 heteroatoms. The zero-order chi connectivity index (χ0) is 13.5. The molecular weight excluding hydrogens is 244 g/mol. The molecule has 102 valence electrons. The minimum atomic E-state index is -1.12. The van der Waals surface area contributed by atoms with Gasteiger partial charge in [0.1, 0.15) is 5.41 Å². The maximum Gasteiger partial charge on any atom is 0.331 e. The summed E-state index contributed by atoms with van der Waals surface area (Å²) in [4.78, 5) is 37.6. The van der Waals surface area contributed by atoms with Crippen LogP contribution in [0.15, 0.2) is 0 Å². The third-order valence-corrected chi connectivity index (χ3v) is 5.75. The van der Waals surface area contributed by atoms with E-state index in [1.807, 2.05) is 0 Å². The third-order valence-electron chi connectivity index (χ3n) is 5.75. The summed E-state index contributed by atoms with van der Waals surface area (Å²) in [6.07, 6.45) is 3.76. The lowest BCUT2D eigenvalue weighted by Gasteiger charge is -2.36. The Labute approximate surface area is 111 Å². The third kappa shape index (κ3) is 1.23. The lowest BCUT2D eigenvalue weighted by Crippen LogP contribution is -2.63. The van der Waals surface area contributed by atoms with E-state index >= 15 is 0 Å². The molecule has 4 atom stereocenters. The van der Waals surface area contributed by atoms with Gasteiger partial charge in [-0.05, 0) is 56.8 Å². The van der Waals surface area contributed by atoms with Crippen molar-refractivity contribution in [2.75, 3.05) is 0 Å². The fourth-order valence-corrected chi connectivity index (χ4v) is 4.70. The van der Waals surface area contributed by atoms with Gasteiger partial charge in [-0.15, -0.1) is 0 Å². The van der Waals surface area contributed by atoms with Gasteiger partial charge in [-0.1, -0.05) is 0 Å². The van der Waals surface area contributed by atoms with E-state index in [1.165, 1.54) is 24.2 Å². The molecule has 0 aromatic carbocycles. The van der Waals surface area contributed by atoms with Gasteiger partial charge in [0.15, 0.2) is 0 Å². The predicted octanol–water partition coefficient (Wildman–Crippen LogP) is 1.14. The fraction of sp³-hybridized carbons (Fsp3) is 0.786. The average Bonchev–Trinajstić information content (AvgIpc) is 2.78. The van der Waals surface area contributed by atoms with Crippen LogP contribution in [0.2, 0.25) is 0 Å². The van der Waals surface area contributed by atoms with E-state index in [2.05, 4.69) is 5.32 Å². The molecule has 1 N–H and O–H groups in total. The largest absolute Gasteiger partial charge is 0.331 e. The number of urea groups is 1. The summed E-state index contributed by atoms with van der Waals surface area (Å²) >= 11 is 0. The van der Waals surface area contributed by atoms with Crippen molar-refractivity contribution in [3.63, 3.8) is 0 Å². The van der Waals surface area contributed by atoms with Crippen molar-refractivity contribution in [3.05, 3.63) is 0 Å². The van der Waals surface area contributed by atoms with E-state index < -0.39 is 17.4 Å². The number of fused-ring (bicyclic) bond motifs is 5. The Hall–Kier alpha value is -1.39. The van der Waals surface area contributed by atoms with Gasteiger partial charge in [0.05, 0.1) is 0 Å². The number of nitrogens with zero attached hydrogens (tertiary/aromatic N) is 1. The molecule has 4 amide bonds. The second-order valence-corrected chi connectivity index (χ2v) is 7.04. The highest BCUT2D eigenvalue weighted by Gasteiger charge is 2.70. The summed E-state index contributed by atoms with van der Waals surface area (Å²) in [6.45, 7) is 3.19. The van der Waals surface area contributed by atoms with Crippen molar-refractivity contribution >= 4 is 17.8 Å². The van der Waals surface area contributed by atoms with Crippen LogP contribution in [-0.4, -0.2) is 28.8 Å². The quantitative estimate of drug-likeness (QED) is 0.720. The van der Waals surface area contributed by atoms with Crippen molar-refractivity contribution in [1.82, 2.24) is 10.2 Å². The second-order valence-electron chi connectivity index (χ2n) is 7.04. The lowest BCUT2D eigenvalue weighted by atomic mass is 9.88. The average molecular weight is 262 g/mol. The molecule has 0 spiro atoms. The smallest absolute Gasteiger partial charge is 0.277 e. The van der Waals surface area contributed by atoms with E-state index in [4.69, 9.17) is 0 Å². The zero-order valence-corrected chi connectivity index (χ0v) is 11.2. The van der Waals surface area contributed by atoms with Gasteiger partial charge in [0, 0.05) is 6.04 Å². The minimum Gasteiger partial charge on any atom is -0.277 e. The molecule has 3 aliphatic carbocycles. The van der Waals surface area contributed by atoms with Crippen LogP contribution < -0.4 is 5.32 Å². The molecule has 4 unspecified atom stereocenters. The van der Waals surface area contributed by atoms with Crippen molar-refractivity contribution in [3.8, 4) is 0 Å². The number of hydrogen-bond donors (Lipinski definition) is 1. The fourth-order valence-electron chi connectivity index (χ4n) is 4.70. The highest BCUT2D eigenvalue weighted by Crippen LogP contribution is 2.67. The number of imide groups is 2. The normalized spacial score (nSPS) is 46.3. The Balaban J connectivity index is 1.64. The molecule has 4 fully saturated rings. The van der Waals surface area contributed by atoms with Crippen LogP contribution in [0.5, 0.6) is 0 Å². The van der Waals surface area contributed by atoms with Gasteiger partial charge in [0.25, 0.3) is 0 Å². The number of amides is 4. The van der Waals surface area contributed by atoms with Crippen LogP contribution in [0, 0.1) is 29.1 Å². The highest BCUT2D eigenvalue weighted by atomic mass is 16.2. The first-order valence-corrected chi connectivity index (χ1v) is 7.12. The van der Waals surface area contributed by atoms with Gasteiger partial charge in [0.2, 0.25) is 11.8 Å². The Bertz CT molecular complexity index is 497. The summed E-state index contributed by atoms with van der Waals surface area (Å²) in [5.74, 6) is 1.62. The summed E-state index contributed by atoms with van der Waals surface area (Å²) < 4.78 is 0. The van der Waals surface area contributed by atoms with Crippen LogP contribution in [0.25, 0.3) is 0 Å². The number of nitrogens with one attached hydrogen (secondary N) is 1. The first-order chi connectivity index (χ1) is 8.93. The molecule has 0 aromatic heterocycles. The predicted molar refractivity (Wildman–Crippen MR) is 65.8 cm³/mol. The van der Waals surface area contributed by atoms with E-state index in [0.717, 1.165) is 0 Å². The molecule has 0 radical (unpaired) electrons. The van der Waals surface area contributed by atoms with Gasteiger partial charge in [-0.25, -0.2) is 4.79 Å². The van der Waals surface area contributed by atoms with Crippen molar-refractivity contribution in [2.24, 2.45) is 29.1 Å². The minimum absolute atomic E-state index is 0.0612. The molecule has 4 aliphatic rings. The Morgan fingerprint density at radius 1 is 1.11 bits per heavy atom. The van der Waals surface area contributed by atoms with Crippen molar-refractivity contribution in [1.29, 1.82) is 0 Å². The Morgan fingerprint density at radius 3 is 2.26 bits per heavy atom.